The van der Waals surface area contributed by atoms with Crippen LogP contribution in [0.15, 0.2) is 38.5 Å². The Bertz CT molecular complexity index is 1040. The number of sulfone groups is 2. The molecule has 0 N–H and O–H groups in total. The number of hydrogen-bond donors (Lipinski definition) is 0. The van der Waals surface area contributed by atoms with E-state index in [0.717, 1.165) is 17.6 Å². The molecule has 1 aromatic heterocycles. The molecule has 2 aromatic rings. The van der Waals surface area contributed by atoms with Crippen molar-refractivity contribution in [3.05, 3.63) is 29.3 Å². The van der Waals surface area contributed by atoms with Crippen molar-refractivity contribution in [1.82, 2.24) is 4.98 Å². The smallest absolute Gasteiger partial charge is 0.226 e. The SMILES string of the molecule is C[C@@H]1CN(c2sc(S(C)(=O)=O)nc2S(=O)(=O)c2ccc(Cl)cc2)C[C@H](C)O1. The minimum atomic E-state index is -4.02. The molecule has 148 valence electrons. The number of benzene rings is 1. The molecule has 1 aliphatic heterocycles. The molecular weight excluding hydrogens is 432 g/mol. The first-order valence-corrected chi connectivity index (χ1v) is 12.7. The van der Waals surface area contributed by atoms with Gasteiger partial charge in [0.2, 0.25) is 24.0 Å². The van der Waals surface area contributed by atoms with Crippen LogP contribution in [0.25, 0.3) is 0 Å². The molecule has 1 saturated heterocycles. The third-order valence-electron chi connectivity index (χ3n) is 3.96. The highest BCUT2D eigenvalue weighted by Crippen LogP contribution is 2.38. The van der Waals surface area contributed by atoms with Crippen molar-refractivity contribution in [2.24, 2.45) is 0 Å². The van der Waals surface area contributed by atoms with Gasteiger partial charge in [0, 0.05) is 24.4 Å². The van der Waals surface area contributed by atoms with E-state index >= 15 is 0 Å². The van der Waals surface area contributed by atoms with E-state index in [0.29, 0.717) is 23.1 Å². The van der Waals surface area contributed by atoms with E-state index in [4.69, 9.17) is 16.3 Å². The van der Waals surface area contributed by atoms with Crippen molar-refractivity contribution < 1.29 is 21.6 Å². The van der Waals surface area contributed by atoms with Crippen molar-refractivity contribution >= 4 is 47.6 Å². The van der Waals surface area contributed by atoms with Crippen molar-refractivity contribution in [2.75, 3.05) is 24.2 Å². The van der Waals surface area contributed by atoms with Gasteiger partial charge in [-0.3, -0.25) is 0 Å². The van der Waals surface area contributed by atoms with E-state index < -0.39 is 19.7 Å². The predicted octanol–water partition coefficient (Wildman–Crippen LogP) is 2.65. The summed E-state index contributed by atoms with van der Waals surface area (Å²) in [6.45, 7) is 4.65. The number of morpholine rings is 1. The fourth-order valence-corrected chi connectivity index (χ4v) is 6.68. The maximum atomic E-state index is 13.2. The average Bonchev–Trinajstić information content (AvgIpc) is 3.00. The molecule has 0 radical (unpaired) electrons. The molecule has 0 aliphatic carbocycles. The monoisotopic (exact) mass is 450 g/mol. The van der Waals surface area contributed by atoms with Gasteiger partial charge in [0.05, 0.1) is 17.1 Å². The molecule has 2 atom stereocenters. The maximum Gasteiger partial charge on any atom is 0.226 e. The Labute approximate surface area is 167 Å². The van der Waals surface area contributed by atoms with E-state index in [2.05, 4.69) is 4.98 Å². The van der Waals surface area contributed by atoms with Crippen LogP contribution in [-0.2, 0) is 24.4 Å². The molecule has 3 rings (SSSR count). The minimum absolute atomic E-state index is 0.00728. The number of nitrogens with zero attached hydrogens (tertiary/aromatic N) is 2. The van der Waals surface area contributed by atoms with E-state index in [-0.39, 0.29) is 26.5 Å². The van der Waals surface area contributed by atoms with Gasteiger partial charge in [0.15, 0.2) is 5.03 Å². The van der Waals surface area contributed by atoms with Crippen molar-refractivity contribution in [3.63, 3.8) is 0 Å². The largest absolute Gasteiger partial charge is 0.372 e. The highest BCUT2D eigenvalue weighted by Gasteiger charge is 2.34. The van der Waals surface area contributed by atoms with Crippen LogP contribution >= 0.6 is 22.9 Å². The normalized spacial score (nSPS) is 21.4. The summed E-state index contributed by atoms with van der Waals surface area (Å²) in [7, 11) is -7.67. The number of ether oxygens (including phenoxy) is 1. The first-order chi connectivity index (χ1) is 12.5. The molecule has 27 heavy (non-hydrogen) atoms. The summed E-state index contributed by atoms with van der Waals surface area (Å²) < 4.78 is 55.8. The number of rotatable bonds is 4. The summed E-state index contributed by atoms with van der Waals surface area (Å²) in [5.41, 5.74) is 0. The van der Waals surface area contributed by atoms with Gasteiger partial charge in [-0.2, -0.15) is 0 Å². The van der Waals surface area contributed by atoms with Crippen molar-refractivity contribution in [2.45, 2.75) is 40.3 Å². The quantitative estimate of drug-likeness (QED) is 0.706. The molecule has 2 heterocycles. The summed E-state index contributed by atoms with van der Waals surface area (Å²) in [6.07, 6.45) is 0.769. The second-order valence-corrected chi connectivity index (χ2v) is 12.0. The molecule has 1 aliphatic rings. The van der Waals surface area contributed by atoms with Crippen LogP contribution in [0.5, 0.6) is 0 Å². The summed E-state index contributed by atoms with van der Waals surface area (Å²) in [6, 6.07) is 5.70. The van der Waals surface area contributed by atoms with Crippen LogP contribution in [0.1, 0.15) is 13.8 Å². The molecular formula is C16H19ClN2O5S3. The van der Waals surface area contributed by atoms with Crippen LogP contribution in [-0.4, -0.2) is 53.4 Å². The third-order valence-corrected chi connectivity index (χ3v) is 8.82. The lowest BCUT2D eigenvalue weighted by atomic mass is 10.2. The van der Waals surface area contributed by atoms with E-state index in [1.807, 2.05) is 18.7 Å². The highest BCUT2D eigenvalue weighted by molar-refractivity contribution is 7.93. The maximum absolute atomic E-state index is 13.2. The Kier molecular flexibility index (Phi) is 5.57. The Morgan fingerprint density at radius 3 is 2.19 bits per heavy atom. The first kappa shape index (κ1) is 20.5. The highest BCUT2D eigenvalue weighted by atomic mass is 35.5. The number of hydrogen-bond acceptors (Lipinski definition) is 8. The van der Waals surface area contributed by atoms with E-state index in [1.165, 1.54) is 24.3 Å². The van der Waals surface area contributed by atoms with Crippen LogP contribution in [0.3, 0.4) is 0 Å². The van der Waals surface area contributed by atoms with Gasteiger partial charge in [0.25, 0.3) is 0 Å². The average molecular weight is 451 g/mol. The lowest BCUT2D eigenvalue weighted by Gasteiger charge is -2.36. The topological polar surface area (TPSA) is 93.6 Å². The molecule has 0 spiro atoms. The molecule has 11 heteroatoms. The zero-order chi connectivity index (χ0) is 20.0. The predicted molar refractivity (Wildman–Crippen MR) is 104 cm³/mol. The van der Waals surface area contributed by atoms with Crippen LogP contribution in [0.2, 0.25) is 5.02 Å². The van der Waals surface area contributed by atoms with E-state index in [1.54, 1.807) is 0 Å². The molecule has 0 bridgehead atoms. The third kappa shape index (κ3) is 4.29. The zero-order valence-corrected chi connectivity index (χ0v) is 18.1. The standard InChI is InChI=1S/C16H19ClN2O5S3/c1-10-8-19(9-11(2)24-10)15-14(18-16(25-15)26(3,20)21)27(22,23)13-6-4-12(17)5-7-13/h4-7,10-11H,8-9H2,1-3H3/t10-,11+. The van der Waals surface area contributed by atoms with Crippen molar-refractivity contribution in [1.29, 1.82) is 0 Å². The van der Waals surface area contributed by atoms with Gasteiger partial charge >= 0.3 is 0 Å². The fraction of sp³-hybridized carbons (Fsp3) is 0.438. The Balaban J connectivity index is 2.16. The number of thiazole rings is 1. The second kappa shape index (κ2) is 7.32. The lowest BCUT2D eigenvalue weighted by molar-refractivity contribution is -0.00517. The van der Waals surface area contributed by atoms with Gasteiger partial charge in [-0.15, -0.1) is 0 Å². The van der Waals surface area contributed by atoms with Crippen LogP contribution in [0.4, 0.5) is 5.00 Å². The van der Waals surface area contributed by atoms with E-state index in [9.17, 15) is 16.8 Å². The van der Waals surface area contributed by atoms with Crippen molar-refractivity contribution in [3.8, 4) is 0 Å². The zero-order valence-electron chi connectivity index (χ0n) is 14.9. The van der Waals surface area contributed by atoms with Gasteiger partial charge in [0.1, 0.15) is 5.00 Å². The Morgan fingerprint density at radius 1 is 1.11 bits per heavy atom. The molecule has 7 nitrogen and oxygen atoms in total. The molecule has 0 saturated carbocycles. The molecule has 0 unspecified atom stereocenters. The summed E-state index contributed by atoms with van der Waals surface area (Å²) in [4.78, 5) is 5.84. The van der Waals surface area contributed by atoms with Crippen LogP contribution in [0, 0.1) is 0 Å². The number of aromatic nitrogens is 1. The van der Waals surface area contributed by atoms with Crippen LogP contribution < -0.4 is 4.90 Å². The Hall–Kier alpha value is -1.20. The van der Waals surface area contributed by atoms with Gasteiger partial charge in [-0.25, -0.2) is 21.8 Å². The first-order valence-electron chi connectivity index (χ1n) is 8.10. The van der Waals surface area contributed by atoms with Gasteiger partial charge < -0.3 is 9.64 Å². The lowest BCUT2D eigenvalue weighted by Crippen LogP contribution is -2.45. The number of halogens is 1. The van der Waals surface area contributed by atoms with Gasteiger partial charge in [-0.1, -0.05) is 22.9 Å². The second-order valence-electron chi connectivity index (χ2n) is 6.48. The molecule has 1 fully saturated rings. The summed E-state index contributed by atoms with van der Waals surface area (Å²) in [5.74, 6) is 0. The Morgan fingerprint density at radius 2 is 1.67 bits per heavy atom. The molecule has 1 aromatic carbocycles. The minimum Gasteiger partial charge on any atom is -0.372 e. The van der Waals surface area contributed by atoms with Gasteiger partial charge in [-0.05, 0) is 38.1 Å². The summed E-state index contributed by atoms with van der Waals surface area (Å²) >= 11 is 6.71. The fourth-order valence-electron chi connectivity index (χ4n) is 2.88. The molecule has 0 amide bonds. The number of anilines is 1. The summed E-state index contributed by atoms with van der Waals surface area (Å²) in [5, 5.41) is 0.462.